The van der Waals surface area contributed by atoms with Gasteiger partial charge >= 0.3 is 6.61 Å². The summed E-state index contributed by atoms with van der Waals surface area (Å²) in [5.41, 5.74) is -0.0989. The molecule has 0 unspecified atom stereocenters. The second-order valence-corrected chi connectivity index (χ2v) is 2.14. The zero-order valence-corrected chi connectivity index (χ0v) is 6.37. The molecule has 1 aromatic carbocycles. The summed E-state index contributed by atoms with van der Waals surface area (Å²) in [6.07, 6.45) is 0. The van der Waals surface area contributed by atoms with Gasteiger partial charge in [0.1, 0.15) is 6.07 Å². The van der Waals surface area contributed by atoms with Crippen LogP contribution in [0.1, 0.15) is 5.56 Å². The van der Waals surface area contributed by atoms with Gasteiger partial charge in [-0.05, 0) is 12.1 Å². The van der Waals surface area contributed by atoms with E-state index in [9.17, 15) is 8.78 Å². The van der Waals surface area contributed by atoms with E-state index in [0.717, 1.165) is 6.07 Å². The van der Waals surface area contributed by atoms with Gasteiger partial charge in [-0.2, -0.15) is 14.0 Å². The molecule has 68 valence electrons. The second-order valence-electron chi connectivity index (χ2n) is 2.14. The number of nitrogens with zero attached hydrogens (tertiary/aromatic N) is 1. The van der Waals surface area contributed by atoms with Gasteiger partial charge in [-0.15, -0.1) is 0 Å². The van der Waals surface area contributed by atoms with Gasteiger partial charge in [-0.1, -0.05) is 6.07 Å². The van der Waals surface area contributed by atoms with Crippen LogP contribution in [-0.4, -0.2) is 11.7 Å². The van der Waals surface area contributed by atoms with Crippen LogP contribution in [0.5, 0.6) is 11.5 Å². The highest BCUT2D eigenvalue weighted by molar-refractivity contribution is 5.51. The van der Waals surface area contributed by atoms with Crippen LogP contribution in [0.2, 0.25) is 0 Å². The largest absolute Gasteiger partial charge is 0.503 e. The normalized spacial score (nSPS) is 9.69. The minimum absolute atomic E-state index is 0.0989. The van der Waals surface area contributed by atoms with Gasteiger partial charge in [-0.25, -0.2) is 0 Å². The van der Waals surface area contributed by atoms with Gasteiger partial charge < -0.3 is 9.84 Å². The van der Waals surface area contributed by atoms with E-state index in [0.29, 0.717) is 0 Å². The van der Waals surface area contributed by atoms with Crippen LogP contribution in [0.3, 0.4) is 0 Å². The molecule has 0 atom stereocenters. The van der Waals surface area contributed by atoms with Crippen molar-refractivity contribution in [2.24, 2.45) is 0 Å². The Labute approximate surface area is 72.8 Å². The average molecular weight is 185 g/mol. The van der Waals surface area contributed by atoms with E-state index >= 15 is 0 Å². The fourth-order valence-electron chi connectivity index (χ4n) is 0.804. The minimum Gasteiger partial charge on any atom is -0.503 e. The fourth-order valence-corrected chi connectivity index (χ4v) is 0.804. The highest BCUT2D eigenvalue weighted by Gasteiger charge is 2.11. The first-order valence-corrected chi connectivity index (χ1v) is 3.32. The van der Waals surface area contributed by atoms with E-state index in [1.54, 1.807) is 6.07 Å². The predicted octanol–water partition coefficient (Wildman–Crippen LogP) is 1.87. The topological polar surface area (TPSA) is 53.2 Å². The van der Waals surface area contributed by atoms with E-state index in [2.05, 4.69) is 4.74 Å². The Morgan fingerprint density at radius 1 is 1.46 bits per heavy atom. The molecule has 0 saturated heterocycles. The van der Waals surface area contributed by atoms with E-state index in [1.165, 1.54) is 12.1 Å². The lowest BCUT2D eigenvalue weighted by atomic mass is 10.2. The lowest BCUT2D eigenvalue weighted by Crippen LogP contribution is -2.02. The molecule has 13 heavy (non-hydrogen) atoms. The first-order chi connectivity index (χ1) is 6.15. The molecule has 0 amide bonds. The van der Waals surface area contributed by atoms with Crippen molar-refractivity contribution < 1.29 is 18.6 Å². The molecule has 0 aliphatic carbocycles. The number of halogens is 2. The van der Waals surface area contributed by atoms with E-state index in [4.69, 9.17) is 10.4 Å². The third-order valence-electron chi connectivity index (χ3n) is 1.34. The van der Waals surface area contributed by atoms with Crippen molar-refractivity contribution in [1.82, 2.24) is 0 Å². The van der Waals surface area contributed by atoms with Crippen LogP contribution in [0.15, 0.2) is 18.2 Å². The monoisotopic (exact) mass is 185 g/mol. The summed E-state index contributed by atoms with van der Waals surface area (Å²) < 4.78 is 27.4. The van der Waals surface area contributed by atoms with Crippen molar-refractivity contribution in [2.75, 3.05) is 0 Å². The summed E-state index contributed by atoms with van der Waals surface area (Å²) in [6, 6.07) is 5.43. The van der Waals surface area contributed by atoms with Gasteiger partial charge in [-0.3, -0.25) is 0 Å². The molecule has 0 saturated carbocycles. The summed E-state index contributed by atoms with van der Waals surface area (Å²) in [5, 5.41) is 17.6. The molecule has 0 spiro atoms. The Kier molecular flexibility index (Phi) is 2.65. The third kappa shape index (κ3) is 2.06. The van der Waals surface area contributed by atoms with E-state index in [1.807, 2.05) is 0 Å². The lowest BCUT2D eigenvalue weighted by Gasteiger charge is -2.06. The zero-order chi connectivity index (χ0) is 9.84. The number of alkyl halides is 2. The summed E-state index contributed by atoms with van der Waals surface area (Å²) in [6.45, 7) is -3.01. The predicted molar refractivity (Wildman–Crippen MR) is 39.5 cm³/mol. The molecule has 0 fully saturated rings. The molecule has 0 aliphatic heterocycles. The first-order valence-electron chi connectivity index (χ1n) is 3.32. The Morgan fingerprint density at radius 3 is 2.69 bits per heavy atom. The van der Waals surface area contributed by atoms with Crippen LogP contribution in [0.25, 0.3) is 0 Å². The number of benzene rings is 1. The number of phenolic OH excluding ortho intramolecular Hbond substituents is 1. The Bertz CT molecular complexity index is 346. The van der Waals surface area contributed by atoms with Crippen molar-refractivity contribution in [1.29, 1.82) is 5.26 Å². The maximum atomic E-state index is 11.7. The zero-order valence-electron chi connectivity index (χ0n) is 6.37. The minimum atomic E-state index is -3.01. The number of phenols is 1. The summed E-state index contributed by atoms with van der Waals surface area (Å²) in [4.78, 5) is 0. The Balaban J connectivity index is 3.03. The van der Waals surface area contributed by atoms with Crippen molar-refractivity contribution in [3.63, 3.8) is 0 Å². The summed E-state index contributed by atoms with van der Waals surface area (Å²) >= 11 is 0. The molecule has 0 aromatic heterocycles. The Hall–Kier alpha value is -1.83. The number of hydrogen-bond acceptors (Lipinski definition) is 3. The van der Waals surface area contributed by atoms with Crippen LogP contribution in [0.4, 0.5) is 8.78 Å². The van der Waals surface area contributed by atoms with Crippen LogP contribution < -0.4 is 4.74 Å². The molecule has 1 rings (SSSR count). The van der Waals surface area contributed by atoms with Gasteiger partial charge in [0.05, 0.1) is 5.56 Å². The molecular formula is C8H5F2NO2. The number of aromatic hydroxyl groups is 1. The first kappa shape index (κ1) is 9.26. The maximum absolute atomic E-state index is 11.7. The SMILES string of the molecule is N#Cc1cccc(OC(F)F)c1O. The molecule has 0 bridgehead atoms. The van der Waals surface area contributed by atoms with Crippen LogP contribution in [-0.2, 0) is 0 Å². The molecule has 3 nitrogen and oxygen atoms in total. The molecule has 5 heteroatoms. The summed E-state index contributed by atoms with van der Waals surface area (Å²) in [7, 11) is 0. The van der Waals surface area contributed by atoms with Gasteiger partial charge in [0.15, 0.2) is 11.5 Å². The second kappa shape index (κ2) is 3.72. The van der Waals surface area contributed by atoms with Gasteiger partial charge in [0, 0.05) is 0 Å². The number of ether oxygens (including phenoxy) is 1. The third-order valence-corrected chi connectivity index (χ3v) is 1.34. The van der Waals surface area contributed by atoms with Crippen molar-refractivity contribution in [3.05, 3.63) is 23.8 Å². The number of para-hydroxylation sites is 1. The van der Waals surface area contributed by atoms with E-state index < -0.39 is 18.1 Å². The highest BCUT2D eigenvalue weighted by Crippen LogP contribution is 2.30. The molecule has 1 N–H and O–H groups in total. The van der Waals surface area contributed by atoms with Crippen LogP contribution >= 0.6 is 0 Å². The molecule has 0 aliphatic rings. The standard InChI is InChI=1S/C8H5F2NO2/c9-8(10)13-6-3-1-2-5(4-11)7(6)12/h1-3,8,12H. The van der Waals surface area contributed by atoms with Crippen molar-refractivity contribution in [2.45, 2.75) is 6.61 Å². The van der Waals surface area contributed by atoms with Crippen molar-refractivity contribution in [3.8, 4) is 17.6 Å². The highest BCUT2D eigenvalue weighted by atomic mass is 19.3. The maximum Gasteiger partial charge on any atom is 0.387 e. The molecule has 0 heterocycles. The van der Waals surface area contributed by atoms with E-state index in [-0.39, 0.29) is 5.56 Å². The number of rotatable bonds is 2. The number of nitriles is 1. The number of hydrogen-bond donors (Lipinski definition) is 1. The quantitative estimate of drug-likeness (QED) is 0.765. The van der Waals surface area contributed by atoms with Crippen LogP contribution in [0, 0.1) is 11.3 Å². The van der Waals surface area contributed by atoms with Crippen molar-refractivity contribution >= 4 is 0 Å². The lowest BCUT2D eigenvalue weighted by molar-refractivity contribution is -0.0512. The fraction of sp³-hybridized carbons (Fsp3) is 0.125. The Morgan fingerprint density at radius 2 is 2.15 bits per heavy atom. The average Bonchev–Trinajstić information content (AvgIpc) is 2.08. The molecule has 1 aromatic rings. The molecule has 0 radical (unpaired) electrons. The molecular weight excluding hydrogens is 180 g/mol. The smallest absolute Gasteiger partial charge is 0.387 e. The van der Waals surface area contributed by atoms with Gasteiger partial charge in [0.2, 0.25) is 0 Å². The van der Waals surface area contributed by atoms with Gasteiger partial charge in [0.25, 0.3) is 0 Å². The summed E-state index contributed by atoms with van der Waals surface area (Å²) in [5.74, 6) is -0.959.